The summed E-state index contributed by atoms with van der Waals surface area (Å²) in [7, 11) is 0. The molecule has 1 unspecified atom stereocenters. The van der Waals surface area contributed by atoms with E-state index in [9.17, 15) is 14.0 Å². The van der Waals surface area contributed by atoms with E-state index in [1.54, 1.807) is 16.8 Å². The normalized spacial score (nSPS) is 18.1. The Balaban J connectivity index is 1.24. The lowest BCUT2D eigenvalue weighted by Gasteiger charge is -2.18. The van der Waals surface area contributed by atoms with Crippen LogP contribution in [0.2, 0.25) is 0 Å². The number of likely N-dealkylation sites (tertiary alicyclic amines) is 1. The van der Waals surface area contributed by atoms with Crippen molar-refractivity contribution in [3.05, 3.63) is 76.9 Å². The summed E-state index contributed by atoms with van der Waals surface area (Å²) in [5, 5.41) is 11.3. The number of aryl methyl sites for hydroxylation is 1. The summed E-state index contributed by atoms with van der Waals surface area (Å²) in [5.41, 5.74) is 4.06. The van der Waals surface area contributed by atoms with Crippen molar-refractivity contribution in [1.29, 1.82) is 0 Å². The third kappa shape index (κ3) is 4.51. The fraction of sp³-hybridized carbons (Fsp3) is 0.360. The zero-order valence-corrected chi connectivity index (χ0v) is 18.5. The Morgan fingerprint density at radius 1 is 1.15 bits per heavy atom. The van der Waals surface area contributed by atoms with Gasteiger partial charge >= 0.3 is 0 Å². The number of carbonyl (C=O) groups excluding carboxylic acids is 2. The van der Waals surface area contributed by atoms with Crippen LogP contribution in [0.5, 0.6) is 0 Å². The number of halogens is 1. The number of nitrogens with zero attached hydrogens (tertiary/aromatic N) is 4. The molecule has 7 nitrogen and oxygen atoms in total. The van der Waals surface area contributed by atoms with Gasteiger partial charge in [-0.05, 0) is 55.2 Å². The van der Waals surface area contributed by atoms with Gasteiger partial charge in [0, 0.05) is 37.9 Å². The van der Waals surface area contributed by atoms with Crippen LogP contribution in [0.25, 0.3) is 5.69 Å². The Morgan fingerprint density at radius 2 is 1.91 bits per heavy atom. The molecule has 1 N–H and O–H groups in total. The predicted molar refractivity (Wildman–Crippen MR) is 120 cm³/mol. The van der Waals surface area contributed by atoms with Crippen LogP contribution in [0.15, 0.2) is 48.5 Å². The van der Waals surface area contributed by atoms with Gasteiger partial charge in [0.25, 0.3) is 5.91 Å². The predicted octanol–water partition coefficient (Wildman–Crippen LogP) is 3.37. The van der Waals surface area contributed by atoms with Crippen LogP contribution >= 0.6 is 0 Å². The highest BCUT2D eigenvalue weighted by molar-refractivity contribution is 5.93. The Bertz CT molecular complexity index is 1190. The smallest absolute Gasteiger partial charge is 0.273 e. The van der Waals surface area contributed by atoms with Gasteiger partial charge in [0.1, 0.15) is 5.82 Å². The second kappa shape index (κ2) is 8.77. The van der Waals surface area contributed by atoms with E-state index < -0.39 is 0 Å². The fourth-order valence-corrected chi connectivity index (χ4v) is 4.40. The van der Waals surface area contributed by atoms with Gasteiger partial charge in [-0.25, -0.2) is 9.07 Å². The highest BCUT2D eigenvalue weighted by Crippen LogP contribution is 2.42. The van der Waals surface area contributed by atoms with Crippen LogP contribution in [0.4, 0.5) is 4.39 Å². The van der Waals surface area contributed by atoms with Gasteiger partial charge in [-0.1, -0.05) is 29.5 Å². The summed E-state index contributed by atoms with van der Waals surface area (Å²) in [5.74, 6) is -0.216. The van der Waals surface area contributed by atoms with Crippen molar-refractivity contribution >= 4 is 11.8 Å². The minimum Gasteiger partial charge on any atom is -0.350 e. The molecule has 0 spiro atoms. The Morgan fingerprint density at radius 3 is 2.64 bits per heavy atom. The molecule has 2 aromatic carbocycles. The van der Waals surface area contributed by atoms with Crippen LogP contribution in [0.1, 0.15) is 52.5 Å². The summed E-state index contributed by atoms with van der Waals surface area (Å²) in [6.07, 6.45) is 2.36. The Kier molecular flexibility index (Phi) is 5.66. The van der Waals surface area contributed by atoms with Gasteiger partial charge in [-0.3, -0.25) is 9.59 Å². The molecule has 5 rings (SSSR count). The highest BCUT2D eigenvalue weighted by Gasteiger charge is 2.35. The molecule has 8 heteroatoms. The average molecular weight is 448 g/mol. The number of amides is 2. The molecular weight excluding hydrogens is 421 g/mol. The van der Waals surface area contributed by atoms with Crippen LogP contribution in [-0.4, -0.2) is 44.8 Å². The zero-order valence-electron chi connectivity index (χ0n) is 18.5. The van der Waals surface area contributed by atoms with E-state index in [0.29, 0.717) is 37.4 Å². The van der Waals surface area contributed by atoms with Gasteiger partial charge < -0.3 is 10.2 Å². The lowest BCUT2D eigenvalue weighted by atomic mass is 10.1. The van der Waals surface area contributed by atoms with Crippen LogP contribution in [0, 0.1) is 18.7 Å². The van der Waals surface area contributed by atoms with E-state index >= 15 is 0 Å². The molecule has 1 saturated heterocycles. The monoisotopic (exact) mass is 447 g/mol. The molecule has 0 bridgehead atoms. The summed E-state index contributed by atoms with van der Waals surface area (Å²) in [6, 6.07) is 14.1. The molecule has 1 aliphatic carbocycles. The number of benzene rings is 2. The molecule has 33 heavy (non-hydrogen) atoms. The van der Waals surface area contributed by atoms with Gasteiger partial charge in [-0.2, -0.15) is 0 Å². The summed E-state index contributed by atoms with van der Waals surface area (Å²) < 4.78 is 14.9. The molecule has 1 aliphatic heterocycles. The third-order valence-electron chi connectivity index (χ3n) is 6.42. The molecule has 2 heterocycles. The van der Waals surface area contributed by atoms with E-state index in [1.165, 1.54) is 17.7 Å². The number of hydrogen-bond donors (Lipinski definition) is 1. The minimum atomic E-state index is -0.326. The number of rotatable bonds is 7. The fourth-order valence-electron chi connectivity index (χ4n) is 4.40. The molecule has 3 aromatic rings. The van der Waals surface area contributed by atoms with Gasteiger partial charge in [0.15, 0.2) is 5.69 Å². The second-order valence-electron chi connectivity index (χ2n) is 8.97. The van der Waals surface area contributed by atoms with Crippen molar-refractivity contribution in [1.82, 2.24) is 25.2 Å². The van der Waals surface area contributed by atoms with Crippen LogP contribution in [0.3, 0.4) is 0 Å². The van der Waals surface area contributed by atoms with E-state index in [1.807, 2.05) is 36.1 Å². The summed E-state index contributed by atoms with van der Waals surface area (Å²) in [4.78, 5) is 27.3. The van der Waals surface area contributed by atoms with Crippen LogP contribution < -0.4 is 5.32 Å². The summed E-state index contributed by atoms with van der Waals surface area (Å²) in [6.45, 7) is 3.66. The van der Waals surface area contributed by atoms with Crippen molar-refractivity contribution in [2.24, 2.45) is 5.92 Å². The number of aromatic nitrogens is 3. The molecule has 1 saturated carbocycles. The zero-order chi connectivity index (χ0) is 22.9. The molecule has 1 atom stereocenters. The molecular formula is C25H26FN5O2. The first-order chi connectivity index (χ1) is 16.0. The molecule has 2 amide bonds. The maximum Gasteiger partial charge on any atom is 0.273 e. The van der Waals surface area contributed by atoms with E-state index in [0.717, 1.165) is 24.1 Å². The SMILES string of the molecule is Cc1ccccc1CN1CC(CNC(=O)c2nnn(-c3ccc(F)cc3)c2C2CC2)CC1=O. The average Bonchev–Trinajstić information content (AvgIpc) is 3.45. The van der Waals surface area contributed by atoms with Gasteiger partial charge in [0.05, 0.1) is 11.4 Å². The van der Waals surface area contributed by atoms with Crippen molar-refractivity contribution < 1.29 is 14.0 Å². The number of hydrogen-bond acceptors (Lipinski definition) is 4. The lowest BCUT2D eigenvalue weighted by Crippen LogP contribution is -2.32. The maximum atomic E-state index is 13.3. The molecule has 2 fully saturated rings. The Hall–Kier alpha value is -3.55. The van der Waals surface area contributed by atoms with Gasteiger partial charge in [0.2, 0.25) is 5.91 Å². The van der Waals surface area contributed by atoms with E-state index in [4.69, 9.17) is 0 Å². The highest BCUT2D eigenvalue weighted by atomic mass is 19.1. The molecule has 1 aromatic heterocycles. The molecule has 2 aliphatic rings. The van der Waals surface area contributed by atoms with E-state index in [-0.39, 0.29) is 29.5 Å². The topological polar surface area (TPSA) is 80.1 Å². The first kappa shape index (κ1) is 21.3. The lowest BCUT2D eigenvalue weighted by molar-refractivity contribution is -0.128. The van der Waals surface area contributed by atoms with Crippen LogP contribution in [-0.2, 0) is 11.3 Å². The maximum absolute atomic E-state index is 13.3. The van der Waals surface area contributed by atoms with E-state index in [2.05, 4.69) is 15.6 Å². The molecule has 0 radical (unpaired) electrons. The van der Waals surface area contributed by atoms with Gasteiger partial charge in [-0.15, -0.1) is 5.10 Å². The van der Waals surface area contributed by atoms with Crippen molar-refractivity contribution in [2.75, 3.05) is 13.1 Å². The Labute approximate surface area is 191 Å². The first-order valence-corrected chi connectivity index (χ1v) is 11.3. The first-order valence-electron chi connectivity index (χ1n) is 11.3. The van der Waals surface area contributed by atoms with Crippen molar-refractivity contribution in [3.8, 4) is 5.69 Å². The number of carbonyl (C=O) groups is 2. The summed E-state index contributed by atoms with van der Waals surface area (Å²) >= 11 is 0. The van der Waals surface area contributed by atoms with Crippen molar-refractivity contribution in [3.63, 3.8) is 0 Å². The minimum absolute atomic E-state index is 0.0574. The molecule has 170 valence electrons. The largest absolute Gasteiger partial charge is 0.350 e. The van der Waals surface area contributed by atoms with Crippen molar-refractivity contribution in [2.45, 2.75) is 38.6 Å². The quantitative estimate of drug-likeness (QED) is 0.602. The second-order valence-corrected chi connectivity index (χ2v) is 8.97. The third-order valence-corrected chi connectivity index (χ3v) is 6.42. The number of nitrogens with one attached hydrogen (secondary N) is 1. The standard InChI is InChI=1S/C25H26FN5O2/c1-16-4-2-3-5-19(16)15-30-14-17(12-22(30)32)13-27-25(33)23-24(18-6-7-18)31(29-28-23)21-10-8-20(26)9-11-21/h2-5,8-11,17-18H,6-7,12-15H2,1H3,(H,27,33).